The fourth-order valence-corrected chi connectivity index (χ4v) is 21.0. The van der Waals surface area contributed by atoms with Gasteiger partial charge in [0, 0.05) is 17.2 Å². The van der Waals surface area contributed by atoms with Crippen LogP contribution in [0.25, 0.3) is 22.3 Å². The van der Waals surface area contributed by atoms with E-state index in [0.29, 0.717) is 12.1 Å². The minimum absolute atomic E-state index is 0.0376. The summed E-state index contributed by atoms with van der Waals surface area (Å²) in [7, 11) is 3.54. The summed E-state index contributed by atoms with van der Waals surface area (Å²) in [4.78, 5) is 0. The van der Waals surface area contributed by atoms with E-state index in [-0.39, 0.29) is 13.1 Å². The minimum Gasteiger partial charge on any atom is -0.313 e. The predicted molar refractivity (Wildman–Crippen MR) is 232 cm³/mol. The van der Waals surface area contributed by atoms with E-state index in [1.165, 1.54) is 66.9 Å². The van der Waals surface area contributed by atoms with Crippen molar-refractivity contribution in [3.63, 3.8) is 0 Å². The highest BCUT2D eigenvalue weighted by molar-refractivity contribution is 7.58. The van der Waals surface area contributed by atoms with Crippen LogP contribution in [0.1, 0.15) is 114 Å². The van der Waals surface area contributed by atoms with Crippen molar-refractivity contribution in [2.24, 2.45) is 47.3 Å². The van der Waals surface area contributed by atoms with E-state index in [4.69, 9.17) is 0 Å². The molecule has 13 rings (SSSR count). The highest BCUT2D eigenvalue weighted by Crippen LogP contribution is 2.72. The molecule has 2 N–H and O–H groups in total. The highest BCUT2D eigenvalue weighted by atomic mass is 31.1. The summed E-state index contributed by atoms with van der Waals surface area (Å²) in [5.74, 6) is 8.30. The molecule has 8 bridgehead atoms. The summed E-state index contributed by atoms with van der Waals surface area (Å²) in [6, 6.07) is 29.6. The van der Waals surface area contributed by atoms with Gasteiger partial charge in [-0.25, -0.2) is 0 Å². The largest absolute Gasteiger partial charge is 0.313 e. The first-order valence-corrected chi connectivity index (χ1v) is 25.1. The Hall–Kier alpha value is -1.56. The van der Waals surface area contributed by atoms with Gasteiger partial charge in [-0.15, -0.1) is 9.24 Å². The third kappa shape index (κ3) is 6.25. The van der Waals surface area contributed by atoms with Crippen LogP contribution in [-0.2, 0) is 11.3 Å². The summed E-state index contributed by atoms with van der Waals surface area (Å²) in [5, 5.41) is 8.36. The Labute approximate surface area is 330 Å². The van der Waals surface area contributed by atoms with E-state index in [9.17, 15) is 0 Å². The van der Waals surface area contributed by atoms with Gasteiger partial charge in [-0.2, -0.15) is 0 Å². The van der Waals surface area contributed by atoms with Crippen molar-refractivity contribution in [2.45, 2.75) is 137 Å². The van der Waals surface area contributed by atoms with Crippen LogP contribution in [0.4, 0.5) is 0 Å². The lowest BCUT2D eigenvalue weighted by molar-refractivity contribution is 0.0129. The highest BCUT2D eigenvalue weighted by Gasteiger charge is 2.57. The maximum Gasteiger partial charge on any atom is 0.0405 e. The molecule has 2 saturated heterocycles. The Kier molecular flexibility index (Phi) is 9.67. The van der Waals surface area contributed by atoms with Crippen molar-refractivity contribution in [3.05, 3.63) is 83.9 Å². The molecule has 3 atom stereocenters. The monoisotopic (exact) mass is 756 g/mol. The Bertz CT molecular complexity index is 1660. The summed E-state index contributed by atoms with van der Waals surface area (Å²) in [6.07, 6.45) is 25.0. The molecule has 3 aromatic rings. The summed E-state index contributed by atoms with van der Waals surface area (Å²) in [5.41, 5.74) is 11.1. The van der Waals surface area contributed by atoms with Crippen LogP contribution in [0.15, 0.2) is 72.8 Å². The van der Waals surface area contributed by atoms with Gasteiger partial charge in [0.1, 0.15) is 0 Å². The molecule has 2 nitrogen and oxygen atoms in total. The normalized spacial score (nSPS) is 39.7. The lowest BCUT2D eigenvalue weighted by atomic mass is 9.55. The maximum absolute atomic E-state index is 4.20. The zero-order valence-electron chi connectivity index (χ0n) is 32.8. The van der Waals surface area contributed by atoms with Crippen LogP contribution in [-0.4, -0.2) is 36.5 Å². The molecule has 0 aromatic heterocycles. The van der Waals surface area contributed by atoms with E-state index >= 15 is 0 Å². The van der Waals surface area contributed by atoms with Gasteiger partial charge in [-0.05, 0) is 213 Å². The first kappa shape index (κ1) is 35.6. The van der Waals surface area contributed by atoms with Gasteiger partial charge in [-0.1, -0.05) is 81.4 Å². The van der Waals surface area contributed by atoms with Crippen molar-refractivity contribution in [1.82, 2.24) is 10.6 Å². The Balaban J connectivity index is 1.11. The molecular formula is C50H66N2P2. The molecule has 10 fully saturated rings. The molecule has 3 unspecified atom stereocenters. The summed E-state index contributed by atoms with van der Waals surface area (Å²) in [6.45, 7) is 2.31. The second-order valence-corrected chi connectivity index (χ2v) is 23.7. The lowest BCUT2D eigenvalue weighted by Gasteiger charge is -2.62. The molecule has 3 aromatic carbocycles. The Morgan fingerprint density at radius 2 is 0.963 bits per heavy atom. The van der Waals surface area contributed by atoms with Crippen LogP contribution in [0.3, 0.4) is 0 Å². The van der Waals surface area contributed by atoms with Gasteiger partial charge in [0.15, 0.2) is 0 Å². The molecule has 2 aliphatic heterocycles. The molecule has 2 heterocycles. The zero-order chi connectivity index (χ0) is 35.8. The van der Waals surface area contributed by atoms with Crippen molar-refractivity contribution in [2.75, 3.05) is 13.1 Å². The van der Waals surface area contributed by atoms with Crippen molar-refractivity contribution in [3.8, 4) is 22.3 Å². The smallest absolute Gasteiger partial charge is 0.0405 e. The number of hydrogen-bond donors (Lipinski definition) is 2. The van der Waals surface area contributed by atoms with Gasteiger partial charge in [-0.3, -0.25) is 0 Å². The van der Waals surface area contributed by atoms with Crippen molar-refractivity contribution >= 4 is 17.2 Å². The van der Waals surface area contributed by atoms with Crippen LogP contribution in [0.5, 0.6) is 0 Å². The molecule has 10 aliphatic rings. The quantitative estimate of drug-likeness (QED) is 0.213. The molecule has 54 heavy (non-hydrogen) atoms. The van der Waals surface area contributed by atoms with Crippen LogP contribution in [0.2, 0.25) is 0 Å². The lowest BCUT2D eigenvalue weighted by Crippen LogP contribution is -2.59. The van der Waals surface area contributed by atoms with E-state index in [1.54, 1.807) is 75.3 Å². The number of nitrogens with one attached hydrogen (secondary N) is 2. The standard InChI is InChI=1S/C50H66N2P2/c53-50(46-15-7-9-17-51-46,47-16-8-10-18-52-47)45-30-44(37-13-5-2-6-14-37)43(36-11-3-1-4-12-36)29-42(45)31-54(48-38-21-32-19-33(23-38)24-39(48)22-32)49-40-25-34-20-35(27-40)28-41(49)26-34/h1-6,11-14,29-30,32-35,38-41,46-49,51-52H,7-10,15-28,31,53H2. The van der Waals surface area contributed by atoms with Gasteiger partial charge in [0.05, 0.1) is 0 Å². The average Bonchev–Trinajstić information content (AvgIpc) is 3.21. The third-order valence-corrected chi connectivity index (χ3v) is 22.2. The predicted octanol–water partition coefficient (Wildman–Crippen LogP) is 12.0. The molecule has 286 valence electrons. The number of rotatable bonds is 9. The van der Waals surface area contributed by atoms with E-state index in [1.807, 2.05) is 0 Å². The van der Waals surface area contributed by atoms with Crippen LogP contribution >= 0.6 is 17.2 Å². The fraction of sp³-hybridized carbons (Fsp3) is 0.640. The summed E-state index contributed by atoms with van der Waals surface area (Å²) < 4.78 is 0. The second kappa shape index (κ2) is 14.7. The molecule has 4 heteroatoms. The molecule has 8 aliphatic carbocycles. The topological polar surface area (TPSA) is 24.1 Å². The van der Waals surface area contributed by atoms with Gasteiger partial charge in [0.25, 0.3) is 0 Å². The SMILES string of the molecule is PC(c1cc(-c2ccccc2)c(-c2ccccc2)cc1CP(C1C2CC3CC(C2)CC1C3)C1C2CC3CC(C2)CC1C3)(C1CCCCN1)C1CCCCN1. The van der Waals surface area contributed by atoms with E-state index < -0.39 is 0 Å². The Morgan fingerprint density at radius 1 is 0.537 bits per heavy atom. The van der Waals surface area contributed by atoms with Crippen molar-refractivity contribution in [1.29, 1.82) is 0 Å². The maximum atomic E-state index is 4.20. The number of piperidine rings is 2. The minimum atomic E-state index is -0.130. The van der Waals surface area contributed by atoms with Gasteiger partial charge in [0.2, 0.25) is 0 Å². The zero-order valence-corrected chi connectivity index (χ0v) is 34.9. The Morgan fingerprint density at radius 3 is 1.37 bits per heavy atom. The molecule has 0 spiro atoms. The number of benzene rings is 3. The van der Waals surface area contributed by atoms with Gasteiger partial charge < -0.3 is 10.6 Å². The number of hydrogen-bond acceptors (Lipinski definition) is 2. The molecule has 0 radical (unpaired) electrons. The van der Waals surface area contributed by atoms with E-state index in [2.05, 4.69) is 92.7 Å². The molecular weight excluding hydrogens is 691 g/mol. The average molecular weight is 757 g/mol. The van der Waals surface area contributed by atoms with Crippen molar-refractivity contribution < 1.29 is 0 Å². The van der Waals surface area contributed by atoms with Crippen LogP contribution in [0, 0.1) is 47.3 Å². The third-order valence-electron chi connectivity index (χ3n) is 17.1. The first-order valence-electron chi connectivity index (χ1n) is 22.9. The van der Waals surface area contributed by atoms with Crippen LogP contribution < -0.4 is 10.6 Å². The molecule has 0 amide bonds. The second-order valence-electron chi connectivity index (χ2n) is 20.2. The van der Waals surface area contributed by atoms with Gasteiger partial charge >= 0.3 is 0 Å². The fourth-order valence-electron chi connectivity index (χ4n) is 15.5. The molecule has 8 saturated carbocycles. The first-order chi connectivity index (χ1) is 26.6. The van der Waals surface area contributed by atoms with E-state index in [0.717, 1.165) is 71.8 Å². The summed E-state index contributed by atoms with van der Waals surface area (Å²) >= 11 is 0.